The molecular formula is C18H18O4Y. The average Bonchev–Trinajstić information content (AvgIpc) is 2.82. The van der Waals surface area contributed by atoms with Crippen LogP contribution in [0.2, 0.25) is 0 Å². The smallest absolute Gasteiger partial charge is 0.306 e. The summed E-state index contributed by atoms with van der Waals surface area (Å²) in [6.07, 6.45) is 0.306. The van der Waals surface area contributed by atoms with Crippen molar-refractivity contribution in [3.8, 4) is 16.9 Å². The third kappa shape index (κ3) is 3.65. The standard InChI is InChI=1S/C18H18O4.Y/c1-2-21-18(20)10-17-14-6-4-3-5-13(14)15-8-7-12(22-11-19)9-16(15)17;/h3-9,17,19H,2,10-11H2,1H3;. The Bertz CT molecular complexity index is 699. The summed E-state index contributed by atoms with van der Waals surface area (Å²) in [4.78, 5) is 11.9. The number of esters is 1. The van der Waals surface area contributed by atoms with Crippen LogP contribution < -0.4 is 4.74 Å². The second-order valence-electron chi connectivity index (χ2n) is 5.17. The van der Waals surface area contributed by atoms with E-state index in [4.69, 9.17) is 14.6 Å². The summed E-state index contributed by atoms with van der Waals surface area (Å²) in [5.74, 6) is 0.360. The molecule has 0 saturated heterocycles. The fourth-order valence-electron chi connectivity index (χ4n) is 3.06. The minimum Gasteiger partial charge on any atom is -0.468 e. The predicted molar refractivity (Wildman–Crippen MR) is 82.7 cm³/mol. The van der Waals surface area contributed by atoms with Gasteiger partial charge in [-0.25, -0.2) is 0 Å². The van der Waals surface area contributed by atoms with Gasteiger partial charge in [-0.1, -0.05) is 30.3 Å². The topological polar surface area (TPSA) is 55.8 Å². The molecule has 0 fully saturated rings. The molecule has 4 nitrogen and oxygen atoms in total. The Balaban J connectivity index is 0.00000192. The Morgan fingerprint density at radius 1 is 1.13 bits per heavy atom. The maximum atomic E-state index is 11.9. The molecule has 2 aromatic carbocycles. The van der Waals surface area contributed by atoms with Gasteiger partial charge in [0.1, 0.15) is 5.75 Å². The van der Waals surface area contributed by atoms with E-state index >= 15 is 0 Å². The zero-order valence-electron chi connectivity index (χ0n) is 13.0. The number of benzene rings is 2. The number of ether oxygens (including phenoxy) is 2. The number of hydrogen-bond acceptors (Lipinski definition) is 4. The van der Waals surface area contributed by atoms with Gasteiger partial charge in [-0.2, -0.15) is 0 Å². The molecule has 0 aromatic heterocycles. The van der Waals surface area contributed by atoms with Crippen molar-refractivity contribution in [1.29, 1.82) is 0 Å². The monoisotopic (exact) mass is 387 g/mol. The third-order valence-electron chi connectivity index (χ3n) is 3.93. The van der Waals surface area contributed by atoms with Crippen LogP contribution in [0.3, 0.4) is 0 Å². The fourth-order valence-corrected chi connectivity index (χ4v) is 3.06. The van der Waals surface area contributed by atoms with Crippen LogP contribution in [-0.2, 0) is 42.2 Å². The SMILES string of the molecule is CCOC(=O)CC1c2ccccc2-c2ccc(OCO)cc21.[Y]. The molecule has 1 aliphatic rings. The molecule has 5 heteroatoms. The van der Waals surface area contributed by atoms with Gasteiger partial charge in [0.2, 0.25) is 0 Å². The van der Waals surface area contributed by atoms with Gasteiger partial charge >= 0.3 is 5.97 Å². The summed E-state index contributed by atoms with van der Waals surface area (Å²) in [5.41, 5.74) is 4.42. The summed E-state index contributed by atoms with van der Waals surface area (Å²) in [6, 6.07) is 13.8. The third-order valence-corrected chi connectivity index (χ3v) is 3.93. The van der Waals surface area contributed by atoms with E-state index in [0.717, 1.165) is 22.3 Å². The van der Waals surface area contributed by atoms with E-state index in [2.05, 4.69) is 6.07 Å². The molecule has 1 N–H and O–H groups in total. The molecule has 117 valence electrons. The van der Waals surface area contributed by atoms with E-state index in [1.54, 1.807) is 0 Å². The average molecular weight is 387 g/mol. The van der Waals surface area contributed by atoms with E-state index in [0.29, 0.717) is 18.8 Å². The van der Waals surface area contributed by atoms with E-state index in [1.165, 1.54) is 0 Å². The number of carbonyl (C=O) groups is 1. The Morgan fingerprint density at radius 3 is 2.61 bits per heavy atom. The molecule has 0 spiro atoms. The van der Waals surface area contributed by atoms with Crippen LogP contribution >= 0.6 is 0 Å². The van der Waals surface area contributed by atoms with Crippen molar-refractivity contribution in [1.82, 2.24) is 0 Å². The van der Waals surface area contributed by atoms with Crippen LogP contribution in [0.25, 0.3) is 11.1 Å². The molecule has 0 aliphatic heterocycles. The van der Waals surface area contributed by atoms with Crippen LogP contribution in [0.1, 0.15) is 30.4 Å². The van der Waals surface area contributed by atoms with Crippen molar-refractivity contribution in [3.63, 3.8) is 0 Å². The number of aliphatic hydroxyl groups is 1. The maximum absolute atomic E-state index is 11.9. The van der Waals surface area contributed by atoms with Crippen LogP contribution in [-0.4, -0.2) is 24.5 Å². The molecule has 2 aromatic rings. The van der Waals surface area contributed by atoms with Crippen molar-refractivity contribution in [2.24, 2.45) is 0 Å². The summed E-state index contributed by atoms with van der Waals surface area (Å²) in [7, 11) is 0. The molecular weight excluding hydrogens is 369 g/mol. The van der Waals surface area contributed by atoms with Gasteiger partial charge in [-0.05, 0) is 41.3 Å². The van der Waals surface area contributed by atoms with Crippen LogP contribution in [0.4, 0.5) is 0 Å². The first kappa shape index (κ1) is 18.1. The molecule has 0 heterocycles. The van der Waals surface area contributed by atoms with Gasteiger partial charge < -0.3 is 14.6 Å². The maximum Gasteiger partial charge on any atom is 0.306 e. The van der Waals surface area contributed by atoms with Gasteiger partial charge in [0.15, 0.2) is 6.79 Å². The molecule has 1 atom stereocenters. The number of rotatable bonds is 5. The Hall–Kier alpha value is -1.23. The zero-order chi connectivity index (χ0) is 15.5. The van der Waals surface area contributed by atoms with Gasteiger partial charge in [-0.3, -0.25) is 4.79 Å². The Morgan fingerprint density at radius 2 is 1.87 bits per heavy atom. The first-order valence-corrected chi connectivity index (χ1v) is 7.37. The Labute approximate surface area is 160 Å². The van der Waals surface area contributed by atoms with Crippen molar-refractivity contribution in [2.45, 2.75) is 19.3 Å². The second-order valence-corrected chi connectivity index (χ2v) is 5.17. The summed E-state index contributed by atoms with van der Waals surface area (Å²) in [6.45, 7) is 1.82. The van der Waals surface area contributed by atoms with Crippen LogP contribution in [0.15, 0.2) is 42.5 Å². The van der Waals surface area contributed by atoms with E-state index < -0.39 is 0 Å². The summed E-state index contributed by atoms with van der Waals surface area (Å²) in [5, 5.41) is 8.93. The molecule has 1 radical (unpaired) electrons. The first-order chi connectivity index (χ1) is 10.7. The van der Waals surface area contributed by atoms with Crippen molar-refractivity contribution in [3.05, 3.63) is 53.6 Å². The van der Waals surface area contributed by atoms with Crippen LogP contribution in [0.5, 0.6) is 5.75 Å². The number of fused-ring (bicyclic) bond motifs is 3. The molecule has 0 amide bonds. The number of aliphatic hydroxyl groups excluding tert-OH is 1. The number of hydrogen-bond donors (Lipinski definition) is 1. The van der Waals surface area contributed by atoms with E-state index in [-0.39, 0.29) is 51.4 Å². The van der Waals surface area contributed by atoms with Gasteiger partial charge in [0.25, 0.3) is 0 Å². The second kappa shape index (κ2) is 8.05. The fraction of sp³-hybridized carbons (Fsp3) is 0.278. The minimum atomic E-state index is -0.367. The zero-order valence-corrected chi connectivity index (χ0v) is 15.8. The largest absolute Gasteiger partial charge is 0.468 e. The Kier molecular flexibility index (Phi) is 6.34. The molecule has 0 bridgehead atoms. The van der Waals surface area contributed by atoms with Crippen molar-refractivity contribution >= 4 is 5.97 Å². The van der Waals surface area contributed by atoms with Gasteiger partial charge in [-0.15, -0.1) is 0 Å². The summed E-state index contributed by atoms with van der Waals surface area (Å²) >= 11 is 0. The molecule has 3 rings (SSSR count). The van der Waals surface area contributed by atoms with E-state index in [9.17, 15) is 4.79 Å². The van der Waals surface area contributed by atoms with Crippen molar-refractivity contribution < 1.29 is 52.1 Å². The first-order valence-electron chi connectivity index (χ1n) is 7.37. The molecule has 1 aliphatic carbocycles. The van der Waals surface area contributed by atoms with Crippen molar-refractivity contribution in [2.75, 3.05) is 13.4 Å². The molecule has 1 unspecified atom stereocenters. The summed E-state index contributed by atoms with van der Waals surface area (Å²) < 4.78 is 10.3. The van der Waals surface area contributed by atoms with E-state index in [1.807, 2.05) is 43.3 Å². The van der Waals surface area contributed by atoms with Gasteiger partial charge in [0.05, 0.1) is 13.0 Å². The van der Waals surface area contributed by atoms with Gasteiger partial charge in [0, 0.05) is 38.6 Å². The normalized spacial score (nSPS) is 14.4. The van der Waals surface area contributed by atoms with Crippen LogP contribution in [0, 0.1) is 0 Å². The quantitative estimate of drug-likeness (QED) is 0.633. The molecule has 0 saturated carbocycles. The predicted octanol–water partition coefficient (Wildman–Crippen LogP) is 3.08. The minimum absolute atomic E-state index is 0. The number of carbonyl (C=O) groups excluding carboxylic acids is 1. The molecule has 23 heavy (non-hydrogen) atoms.